The molecule has 0 saturated heterocycles. The first kappa shape index (κ1) is 21.0. The number of carbonyl (C=O) groups is 1. The number of amides is 1. The first-order valence-electron chi connectivity index (χ1n) is 9.72. The van der Waals surface area contributed by atoms with E-state index in [1.807, 2.05) is 24.3 Å². The van der Waals surface area contributed by atoms with Crippen LogP contribution in [0.25, 0.3) is 11.3 Å². The molecule has 1 amide bonds. The number of hydrogen-bond acceptors (Lipinski definition) is 6. The number of ether oxygens (including phenoxy) is 1. The molecule has 0 fully saturated rings. The number of rotatable bonds is 7. The third-order valence-electron chi connectivity index (χ3n) is 5.15. The Balaban J connectivity index is 1.45. The number of hydrogen-bond donors (Lipinski definition) is 3. The molecule has 0 spiro atoms. The lowest BCUT2D eigenvalue weighted by atomic mass is 10.1. The van der Waals surface area contributed by atoms with Crippen LogP contribution in [-0.4, -0.2) is 44.3 Å². The maximum Gasteiger partial charge on any atom is 0.269 e. The van der Waals surface area contributed by atoms with Crippen molar-refractivity contribution in [2.45, 2.75) is 17.5 Å². The first-order chi connectivity index (χ1) is 14.8. The van der Waals surface area contributed by atoms with E-state index in [4.69, 9.17) is 9.88 Å². The van der Waals surface area contributed by atoms with E-state index in [2.05, 4.69) is 15.7 Å². The van der Waals surface area contributed by atoms with Crippen LogP contribution in [0.3, 0.4) is 0 Å². The van der Waals surface area contributed by atoms with E-state index < -0.39 is 10.0 Å². The van der Waals surface area contributed by atoms with Crippen LogP contribution in [0.5, 0.6) is 5.75 Å². The van der Waals surface area contributed by atoms with Crippen LogP contribution in [0.1, 0.15) is 22.2 Å². The summed E-state index contributed by atoms with van der Waals surface area (Å²) in [5.74, 6) is 0.589. The van der Waals surface area contributed by atoms with Gasteiger partial charge < -0.3 is 10.1 Å². The second kappa shape index (κ2) is 8.50. The van der Waals surface area contributed by atoms with E-state index in [1.54, 1.807) is 30.0 Å². The van der Waals surface area contributed by atoms with Gasteiger partial charge in [0.1, 0.15) is 17.6 Å². The molecule has 2 heterocycles. The lowest BCUT2D eigenvalue weighted by molar-refractivity contribution is 0.0900. The van der Waals surface area contributed by atoms with Crippen molar-refractivity contribution in [2.75, 3.05) is 20.2 Å². The average Bonchev–Trinajstić information content (AvgIpc) is 3.22. The molecule has 1 aliphatic heterocycles. The van der Waals surface area contributed by atoms with Gasteiger partial charge in [0.25, 0.3) is 5.91 Å². The first-order valence-corrected chi connectivity index (χ1v) is 11.3. The van der Waals surface area contributed by atoms with Crippen molar-refractivity contribution in [3.8, 4) is 17.0 Å². The topological polar surface area (TPSA) is 128 Å². The minimum Gasteiger partial charge on any atom is -0.497 e. The molecule has 0 aliphatic carbocycles. The minimum atomic E-state index is -3.69. The van der Waals surface area contributed by atoms with Crippen LogP contribution in [0.15, 0.2) is 59.5 Å². The Hall–Kier alpha value is -3.21. The molecule has 3 aromatic rings. The maximum atomic E-state index is 12.3. The van der Waals surface area contributed by atoms with Crippen LogP contribution in [0, 0.1) is 0 Å². The Morgan fingerprint density at radius 3 is 2.55 bits per heavy atom. The second-order valence-corrected chi connectivity index (χ2v) is 8.77. The molecule has 31 heavy (non-hydrogen) atoms. The number of benzene rings is 2. The highest BCUT2D eigenvalue weighted by molar-refractivity contribution is 7.89. The Kier molecular flexibility index (Phi) is 5.77. The van der Waals surface area contributed by atoms with Crippen molar-refractivity contribution in [1.29, 1.82) is 0 Å². The number of primary sulfonamides is 1. The molecule has 1 atom stereocenters. The summed E-state index contributed by atoms with van der Waals surface area (Å²) in [5.41, 5.74) is 3.07. The zero-order valence-corrected chi connectivity index (χ0v) is 17.7. The third-order valence-corrected chi connectivity index (χ3v) is 6.08. The predicted molar refractivity (Wildman–Crippen MR) is 115 cm³/mol. The van der Waals surface area contributed by atoms with Crippen LogP contribution in [0.2, 0.25) is 0 Å². The fourth-order valence-corrected chi connectivity index (χ4v) is 3.97. The zero-order chi connectivity index (χ0) is 22.0. The number of fused-ring (bicyclic) bond motifs is 1. The molecular weight excluding hydrogens is 418 g/mol. The van der Waals surface area contributed by atoms with E-state index in [0.29, 0.717) is 30.9 Å². The van der Waals surface area contributed by atoms with Gasteiger partial charge in [0.15, 0.2) is 0 Å². The van der Waals surface area contributed by atoms with Gasteiger partial charge in [-0.15, -0.1) is 0 Å². The predicted octanol–water partition coefficient (Wildman–Crippen LogP) is 1.28. The summed E-state index contributed by atoms with van der Waals surface area (Å²) in [5, 5.41) is 16.1. The monoisotopic (exact) mass is 441 g/mol. The fraction of sp³-hybridized carbons (Fsp3) is 0.238. The Labute approximate surface area is 180 Å². The lowest BCUT2D eigenvalue weighted by Crippen LogP contribution is -2.45. The number of sulfonamides is 1. The van der Waals surface area contributed by atoms with Crippen LogP contribution < -0.4 is 20.5 Å². The molecule has 2 aromatic carbocycles. The normalized spacial score (nSPS) is 15.9. The largest absolute Gasteiger partial charge is 0.497 e. The fourth-order valence-electron chi connectivity index (χ4n) is 3.46. The molecule has 162 valence electrons. The average molecular weight is 442 g/mol. The van der Waals surface area contributed by atoms with Crippen molar-refractivity contribution in [2.24, 2.45) is 5.14 Å². The second-order valence-electron chi connectivity index (χ2n) is 7.21. The van der Waals surface area contributed by atoms with E-state index in [0.717, 1.165) is 16.9 Å². The Bertz CT molecular complexity index is 1190. The molecule has 0 saturated carbocycles. The molecule has 10 heteroatoms. The summed E-state index contributed by atoms with van der Waals surface area (Å²) in [4.78, 5) is 12.4. The highest BCUT2D eigenvalue weighted by Crippen LogP contribution is 2.24. The quantitative estimate of drug-likeness (QED) is 0.507. The summed E-state index contributed by atoms with van der Waals surface area (Å²) in [6.07, 6.45) is 0.487. The molecule has 4 rings (SSSR count). The van der Waals surface area contributed by atoms with E-state index in [-0.39, 0.29) is 17.0 Å². The van der Waals surface area contributed by atoms with Gasteiger partial charge in [-0.1, -0.05) is 12.1 Å². The van der Waals surface area contributed by atoms with Crippen molar-refractivity contribution >= 4 is 15.9 Å². The van der Waals surface area contributed by atoms with Gasteiger partial charge in [-0.25, -0.2) is 18.2 Å². The number of aromatic nitrogens is 2. The number of methoxy groups -OCH3 is 1. The Morgan fingerprint density at radius 1 is 1.19 bits per heavy atom. The zero-order valence-electron chi connectivity index (χ0n) is 16.9. The highest BCUT2D eigenvalue weighted by Gasteiger charge is 2.27. The molecule has 1 unspecified atom stereocenters. The van der Waals surface area contributed by atoms with Crippen molar-refractivity contribution in [3.05, 3.63) is 65.9 Å². The van der Waals surface area contributed by atoms with Crippen molar-refractivity contribution in [1.82, 2.24) is 20.4 Å². The maximum absolute atomic E-state index is 12.3. The van der Waals surface area contributed by atoms with Gasteiger partial charge in [0, 0.05) is 12.1 Å². The highest BCUT2D eigenvalue weighted by atomic mass is 32.2. The van der Waals surface area contributed by atoms with Crippen molar-refractivity contribution in [3.63, 3.8) is 0 Å². The summed E-state index contributed by atoms with van der Waals surface area (Å²) >= 11 is 0. The standard InChI is InChI=1S/C21H23N5O4S/c1-30-16-6-4-15(5-7-16)18-12-19-21(27)24-13-20(26(19)25-18)23-11-10-14-2-8-17(9-3-14)31(22,28)29/h2-9,12,20,23H,10-11,13H2,1H3,(H,24,27)(H2,22,28,29). The summed E-state index contributed by atoms with van der Waals surface area (Å²) < 4.78 is 29.6. The van der Waals surface area contributed by atoms with E-state index >= 15 is 0 Å². The summed E-state index contributed by atoms with van der Waals surface area (Å²) in [6, 6.07) is 15.8. The van der Waals surface area contributed by atoms with Crippen molar-refractivity contribution < 1.29 is 17.9 Å². The smallest absolute Gasteiger partial charge is 0.269 e. The molecule has 9 nitrogen and oxygen atoms in total. The van der Waals surface area contributed by atoms with Gasteiger partial charge in [-0.3, -0.25) is 10.1 Å². The van der Waals surface area contributed by atoms with Gasteiger partial charge in [0.05, 0.1) is 24.2 Å². The van der Waals surface area contributed by atoms with Gasteiger partial charge in [0.2, 0.25) is 10.0 Å². The van der Waals surface area contributed by atoms with Crippen LogP contribution in [0.4, 0.5) is 0 Å². The number of carbonyl (C=O) groups excluding carboxylic acids is 1. The van der Waals surface area contributed by atoms with Crippen LogP contribution in [-0.2, 0) is 16.4 Å². The number of nitrogens with one attached hydrogen (secondary N) is 2. The Morgan fingerprint density at radius 2 is 1.90 bits per heavy atom. The van der Waals surface area contributed by atoms with Gasteiger partial charge in [-0.2, -0.15) is 5.10 Å². The molecule has 0 bridgehead atoms. The van der Waals surface area contributed by atoms with Crippen LogP contribution >= 0.6 is 0 Å². The molecule has 1 aromatic heterocycles. The third kappa shape index (κ3) is 4.61. The van der Waals surface area contributed by atoms with Gasteiger partial charge in [-0.05, 0) is 54.4 Å². The SMILES string of the molecule is COc1ccc(-c2cc3n(n2)C(NCCc2ccc(S(N)(=O)=O)cc2)CNC3=O)cc1. The number of nitrogens with two attached hydrogens (primary N) is 1. The summed E-state index contributed by atoms with van der Waals surface area (Å²) in [6.45, 7) is 1.03. The number of nitrogens with zero attached hydrogens (tertiary/aromatic N) is 2. The van der Waals surface area contributed by atoms with E-state index in [9.17, 15) is 13.2 Å². The molecule has 1 aliphatic rings. The van der Waals surface area contributed by atoms with Gasteiger partial charge >= 0.3 is 0 Å². The van der Waals surface area contributed by atoms with E-state index in [1.165, 1.54) is 12.1 Å². The molecular formula is C21H23N5O4S. The minimum absolute atomic E-state index is 0.0893. The lowest BCUT2D eigenvalue weighted by Gasteiger charge is -2.25. The summed E-state index contributed by atoms with van der Waals surface area (Å²) in [7, 11) is -2.08. The molecule has 4 N–H and O–H groups in total. The molecule has 0 radical (unpaired) electrons.